The number of rotatable bonds is 6. The van der Waals surface area contributed by atoms with Crippen LogP contribution in [0, 0.1) is 0 Å². The first kappa shape index (κ1) is 22.3. The minimum atomic E-state index is -3.33. The minimum absolute atomic E-state index is 0.0248. The molecule has 1 fully saturated rings. The second kappa shape index (κ2) is 9.29. The van der Waals surface area contributed by atoms with Gasteiger partial charge in [0.05, 0.1) is 12.0 Å². The molecule has 8 nitrogen and oxygen atoms in total. The summed E-state index contributed by atoms with van der Waals surface area (Å²) in [5.41, 5.74) is -0.275. The van der Waals surface area contributed by atoms with E-state index in [1.165, 1.54) is 24.4 Å². The molecule has 1 aliphatic rings. The Balaban J connectivity index is 1.41. The highest BCUT2D eigenvalue weighted by Gasteiger charge is 2.51. The monoisotopic (exact) mass is 455 g/mol. The van der Waals surface area contributed by atoms with E-state index in [-0.39, 0.29) is 11.4 Å². The predicted molar refractivity (Wildman–Crippen MR) is 113 cm³/mol. The summed E-state index contributed by atoms with van der Waals surface area (Å²) < 4.78 is 40.1. The molecular weight excluding hydrogens is 436 g/mol. The second-order valence-electron chi connectivity index (χ2n) is 7.33. The second-order valence-corrected chi connectivity index (χ2v) is 7.33. The molecular formula is C23H19F2N3O5. The number of amides is 1. The van der Waals surface area contributed by atoms with Gasteiger partial charge in [0.25, 0.3) is 11.8 Å². The van der Waals surface area contributed by atoms with Crippen molar-refractivity contribution < 1.29 is 27.8 Å². The summed E-state index contributed by atoms with van der Waals surface area (Å²) in [6, 6.07) is 17.6. The molecule has 1 saturated heterocycles. The van der Waals surface area contributed by atoms with Gasteiger partial charge in [-0.3, -0.25) is 9.36 Å². The van der Waals surface area contributed by atoms with Crippen molar-refractivity contribution in [2.24, 2.45) is 0 Å². The summed E-state index contributed by atoms with van der Waals surface area (Å²) >= 11 is 0. The van der Waals surface area contributed by atoms with E-state index in [2.05, 4.69) is 10.3 Å². The van der Waals surface area contributed by atoms with Gasteiger partial charge in [0.15, 0.2) is 6.10 Å². The van der Waals surface area contributed by atoms with Gasteiger partial charge in [0.1, 0.15) is 18.7 Å². The summed E-state index contributed by atoms with van der Waals surface area (Å²) in [4.78, 5) is 40.4. The molecule has 2 heterocycles. The van der Waals surface area contributed by atoms with E-state index < -0.39 is 48.8 Å². The van der Waals surface area contributed by atoms with Crippen LogP contribution in [0.25, 0.3) is 0 Å². The molecule has 1 amide bonds. The third-order valence-corrected chi connectivity index (χ3v) is 5.03. The Labute approximate surface area is 186 Å². The van der Waals surface area contributed by atoms with E-state index >= 15 is 0 Å². The number of nitrogens with zero attached hydrogens (tertiary/aromatic N) is 2. The first-order chi connectivity index (χ1) is 15.8. The van der Waals surface area contributed by atoms with Crippen molar-refractivity contribution in [1.82, 2.24) is 9.55 Å². The van der Waals surface area contributed by atoms with Crippen LogP contribution >= 0.6 is 0 Å². The lowest BCUT2D eigenvalue weighted by Crippen LogP contribution is -2.33. The average molecular weight is 455 g/mol. The molecule has 0 aliphatic carbocycles. The van der Waals surface area contributed by atoms with Crippen LogP contribution in [0.15, 0.2) is 77.7 Å². The Hall–Kier alpha value is -3.92. The number of hydrogen-bond donors (Lipinski definition) is 1. The van der Waals surface area contributed by atoms with E-state index in [0.29, 0.717) is 5.56 Å². The summed E-state index contributed by atoms with van der Waals surface area (Å²) in [6.07, 6.45) is -2.61. The number of nitrogens with one attached hydrogen (secondary N) is 1. The molecule has 0 saturated carbocycles. The number of esters is 1. The normalized spacial score (nSPS) is 19.1. The van der Waals surface area contributed by atoms with Crippen molar-refractivity contribution in [3.8, 4) is 0 Å². The van der Waals surface area contributed by atoms with Gasteiger partial charge in [-0.2, -0.15) is 4.98 Å². The van der Waals surface area contributed by atoms with Crippen LogP contribution < -0.4 is 11.0 Å². The smallest absolute Gasteiger partial charge is 0.351 e. The number of alkyl halides is 2. The Kier molecular flexibility index (Phi) is 6.27. The average Bonchev–Trinajstić information content (AvgIpc) is 3.12. The Morgan fingerprint density at radius 2 is 1.70 bits per heavy atom. The molecule has 0 radical (unpaired) electrons. The zero-order valence-electron chi connectivity index (χ0n) is 17.2. The SMILES string of the molecule is O=C(Nc1ccn([C@@H]2CC(F)(F)[C@H](COC(=O)c3ccccc3)O2)c(=O)n1)c1ccccc1. The Morgan fingerprint density at radius 3 is 2.33 bits per heavy atom. The molecule has 1 aliphatic heterocycles. The van der Waals surface area contributed by atoms with Crippen LogP contribution in [-0.2, 0) is 9.47 Å². The van der Waals surface area contributed by atoms with Crippen molar-refractivity contribution in [3.05, 3.63) is 94.5 Å². The highest BCUT2D eigenvalue weighted by molar-refractivity contribution is 6.03. The molecule has 4 rings (SSSR count). The van der Waals surface area contributed by atoms with Crippen molar-refractivity contribution >= 4 is 17.7 Å². The zero-order valence-corrected chi connectivity index (χ0v) is 17.2. The minimum Gasteiger partial charge on any atom is -0.459 e. The van der Waals surface area contributed by atoms with Gasteiger partial charge in [-0.1, -0.05) is 36.4 Å². The van der Waals surface area contributed by atoms with Gasteiger partial charge in [0.2, 0.25) is 0 Å². The molecule has 2 atom stereocenters. The third-order valence-electron chi connectivity index (χ3n) is 5.03. The van der Waals surface area contributed by atoms with Crippen LogP contribution in [0.4, 0.5) is 14.6 Å². The quantitative estimate of drug-likeness (QED) is 0.573. The maximum Gasteiger partial charge on any atom is 0.351 e. The molecule has 2 aromatic carbocycles. The molecule has 33 heavy (non-hydrogen) atoms. The fourth-order valence-corrected chi connectivity index (χ4v) is 3.32. The highest BCUT2D eigenvalue weighted by atomic mass is 19.3. The molecule has 0 spiro atoms. The van der Waals surface area contributed by atoms with E-state index in [4.69, 9.17) is 9.47 Å². The zero-order chi connectivity index (χ0) is 23.4. The number of halogens is 2. The van der Waals surface area contributed by atoms with Crippen LogP contribution in [0.5, 0.6) is 0 Å². The van der Waals surface area contributed by atoms with Crippen LogP contribution in [-0.4, -0.2) is 40.1 Å². The fourth-order valence-electron chi connectivity index (χ4n) is 3.32. The summed E-state index contributed by atoms with van der Waals surface area (Å²) in [7, 11) is 0. The largest absolute Gasteiger partial charge is 0.459 e. The van der Waals surface area contributed by atoms with Crippen LogP contribution in [0.2, 0.25) is 0 Å². The molecule has 170 valence electrons. The Morgan fingerprint density at radius 1 is 1.06 bits per heavy atom. The number of benzene rings is 2. The molecule has 0 unspecified atom stereocenters. The number of aromatic nitrogens is 2. The van der Waals surface area contributed by atoms with Gasteiger partial charge in [0, 0.05) is 11.8 Å². The summed E-state index contributed by atoms with van der Waals surface area (Å²) in [5.74, 6) is -4.58. The van der Waals surface area contributed by atoms with Gasteiger partial charge >= 0.3 is 11.7 Å². The first-order valence-electron chi connectivity index (χ1n) is 10.0. The molecule has 1 N–H and O–H groups in total. The lowest BCUT2D eigenvalue weighted by Gasteiger charge is -2.17. The maximum absolute atomic E-state index is 14.5. The number of ether oxygens (including phenoxy) is 2. The van der Waals surface area contributed by atoms with Crippen molar-refractivity contribution in [2.45, 2.75) is 24.7 Å². The lowest BCUT2D eigenvalue weighted by atomic mass is 10.1. The number of carbonyl (C=O) groups is 2. The van der Waals surface area contributed by atoms with Gasteiger partial charge in [-0.15, -0.1) is 0 Å². The van der Waals surface area contributed by atoms with Crippen molar-refractivity contribution in [3.63, 3.8) is 0 Å². The number of hydrogen-bond acceptors (Lipinski definition) is 6. The summed E-state index contributed by atoms with van der Waals surface area (Å²) in [6.45, 7) is -0.676. The van der Waals surface area contributed by atoms with E-state index in [1.807, 2.05) is 0 Å². The van der Waals surface area contributed by atoms with Crippen LogP contribution in [0.3, 0.4) is 0 Å². The van der Waals surface area contributed by atoms with Crippen molar-refractivity contribution in [1.29, 1.82) is 0 Å². The number of carbonyl (C=O) groups excluding carboxylic acids is 2. The molecule has 0 bridgehead atoms. The predicted octanol–water partition coefficient (Wildman–Crippen LogP) is 3.28. The number of anilines is 1. The third kappa shape index (κ3) is 5.12. The van der Waals surface area contributed by atoms with E-state index in [9.17, 15) is 23.2 Å². The summed E-state index contributed by atoms with van der Waals surface area (Å²) in [5, 5.41) is 2.48. The van der Waals surface area contributed by atoms with Gasteiger partial charge < -0.3 is 14.8 Å². The van der Waals surface area contributed by atoms with Gasteiger partial charge in [-0.05, 0) is 30.3 Å². The molecule has 1 aromatic heterocycles. The standard InChI is InChI=1S/C23H19F2N3O5/c24-23(25)13-19(33-17(23)14-32-21(30)16-9-5-2-6-10-16)28-12-11-18(27-22(28)31)26-20(29)15-7-3-1-4-8-15/h1-12,17,19H,13-14H2,(H,26,27,29,31)/t17-,19-/m0/s1. The van der Waals surface area contributed by atoms with Crippen molar-refractivity contribution in [2.75, 3.05) is 11.9 Å². The topological polar surface area (TPSA) is 99.5 Å². The lowest BCUT2D eigenvalue weighted by molar-refractivity contribution is -0.105. The first-order valence-corrected chi connectivity index (χ1v) is 10.0. The molecule has 10 heteroatoms. The Bertz CT molecular complexity index is 1200. The van der Waals surface area contributed by atoms with E-state index in [0.717, 1.165) is 4.57 Å². The fraction of sp³-hybridized carbons (Fsp3) is 0.217. The van der Waals surface area contributed by atoms with E-state index in [1.54, 1.807) is 48.5 Å². The van der Waals surface area contributed by atoms with Crippen LogP contribution in [0.1, 0.15) is 33.4 Å². The maximum atomic E-state index is 14.5. The van der Waals surface area contributed by atoms with Gasteiger partial charge in [-0.25, -0.2) is 18.4 Å². The highest BCUT2D eigenvalue weighted by Crippen LogP contribution is 2.40. The molecule has 3 aromatic rings.